The zero-order valence-electron chi connectivity index (χ0n) is 11.8. The van der Waals surface area contributed by atoms with Crippen LogP contribution in [0.5, 0.6) is 0 Å². The molecule has 20 heavy (non-hydrogen) atoms. The van der Waals surface area contributed by atoms with E-state index in [9.17, 15) is 4.79 Å². The van der Waals surface area contributed by atoms with E-state index in [4.69, 9.17) is 11.6 Å². The number of nitrogens with one attached hydrogen (secondary N) is 1. The number of para-hydroxylation sites is 1. The summed E-state index contributed by atoms with van der Waals surface area (Å²) in [7, 11) is 0. The summed E-state index contributed by atoms with van der Waals surface area (Å²) in [6.45, 7) is 5.35. The molecule has 0 aliphatic carbocycles. The van der Waals surface area contributed by atoms with Gasteiger partial charge in [0.15, 0.2) is 0 Å². The van der Waals surface area contributed by atoms with E-state index in [1.807, 2.05) is 18.2 Å². The Hall–Kier alpha value is -0.770. The molecule has 1 saturated heterocycles. The average molecular weight is 317 g/mol. The maximum absolute atomic E-state index is 11.9. The van der Waals surface area contributed by atoms with E-state index in [2.05, 4.69) is 17.1 Å². The second-order valence-electron chi connectivity index (χ2n) is 5.30. The van der Waals surface area contributed by atoms with Gasteiger partial charge in [0.25, 0.3) is 0 Å². The number of likely N-dealkylation sites (tertiary alicyclic amines) is 1. The van der Waals surface area contributed by atoms with Crippen molar-refractivity contribution < 1.29 is 4.79 Å². The van der Waals surface area contributed by atoms with Crippen molar-refractivity contribution in [2.45, 2.75) is 26.2 Å². The first kappa shape index (κ1) is 17.3. The van der Waals surface area contributed by atoms with Crippen LogP contribution in [0.2, 0.25) is 5.02 Å². The molecule has 5 heteroatoms. The van der Waals surface area contributed by atoms with E-state index in [0.29, 0.717) is 17.1 Å². The summed E-state index contributed by atoms with van der Waals surface area (Å²) in [6.07, 6.45) is 3.01. The van der Waals surface area contributed by atoms with Crippen molar-refractivity contribution in [3.63, 3.8) is 0 Å². The molecular weight excluding hydrogens is 295 g/mol. The van der Waals surface area contributed by atoms with Gasteiger partial charge in [0.05, 0.1) is 10.7 Å². The van der Waals surface area contributed by atoms with Crippen LogP contribution in [0.15, 0.2) is 24.3 Å². The number of rotatable bonds is 4. The summed E-state index contributed by atoms with van der Waals surface area (Å²) < 4.78 is 0. The summed E-state index contributed by atoms with van der Waals surface area (Å²) in [5.74, 6) is 0.861. The van der Waals surface area contributed by atoms with Crippen LogP contribution < -0.4 is 5.32 Å². The summed E-state index contributed by atoms with van der Waals surface area (Å²) in [5, 5.41) is 3.45. The van der Waals surface area contributed by atoms with E-state index >= 15 is 0 Å². The Kier molecular flexibility index (Phi) is 7.35. The second-order valence-corrected chi connectivity index (χ2v) is 5.71. The number of benzene rings is 1. The normalized spacial score (nSPS) is 16.5. The molecule has 1 amide bonds. The summed E-state index contributed by atoms with van der Waals surface area (Å²) in [4.78, 5) is 14.2. The smallest absolute Gasteiger partial charge is 0.225 e. The van der Waals surface area contributed by atoms with Gasteiger partial charge in [-0.15, -0.1) is 12.4 Å². The van der Waals surface area contributed by atoms with Crippen molar-refractivity contribution in [2.24, 2.45) is 5.92 Å². The quantitative estimate of drug-likeness (QED) is 0.915. The van der Waals surface area contributed by atoms with Crippen LogP contribution in [-0.4, -0.2) is 30.4 Å². The topological polar surface area (TPSA) is 32.3 Å². The maximum Gasteiger partial charge on any atom is 0.225 e. The largest absolute Gasteiger partial charge is 0.325 e. The highest BCUT2D eigenvalue weighted by molar-refractivity contribution is 6.33. The molecule has 1 aliphatic rings. The van der Waals surface area contributed by atoms with Crippen molar-refractivity contribution in [3.05, 3.63) is 29.3 Å². The minimum absolute atomic E-state index is 0. The van der Waals surface area contributed by atoms with Gasteiger partial charge in [0.1, 0.15) is 0 Å². The van der Waals surface area contributed by atoms with Gasteiger partial charge in [-0.2, -0.15) is 0 Å². The molecule has 2 rings (SSSR count). The number of anilines is 1. The molecule has 0 radical (unpaired) electrons. The minimum atomic E-state index is 0. The molecular formula is C15H22Cl2N2O. The lowest BCUT2D eigenvalue weighted by Gasteiger charge is -2.29. The predicted molar refractivity (Wildman–Crippen MR) is 86.8 cm³/mol. The van der Waals surface area contributed by atoms with Crippen molar-refractivity contribution in [2.75, 3.05) is 25.0 Å². The number of nitrogens with zero attached hydrogens (tertiary/aromatic N) is 1. The molecule has 1 heterocycles. The monoisotopic (exact) mass is 316 g/mol. The molecule has 1 aliphatic heterocycles. The number of piperidine rings is 1. The number of carbonyl (C=O) groups excluding carboxylic acids is 1. The molecule has 112 valence electrons. The van der Waals surface area contributed by atoms with E-state index < -0.39 is 0 Å². The highest BCUT2D eigenvalue weighted by atomic mass is 35.5. The number of hydrogen-bond acceptors (Lipinski definition) is 2. The predicted octanol–water partition coefficient (Wildman–Crippen LogP) is 3.82. The second kappa shape index (κ2) is 8.50. The Labute approximate surface area is 132 Å². The number of hydrogen-bond donors (Lipinski definition) is 1. The van der Waals surface area contributed by atoms with Crippen LogP contribution in [-0.2, 0) is 4.79 Å². The van der Waals surface area contributed by atoms with E-state index in [1.54, 1.807) is 6.07 Å². The van der Waals surface area contributed by atoms with E-state index in [-0.39, 0.29) is 18.3 Å². The first-order valence-electron chi connectivity index (χ1n) is 6.92. The SMILES string of the molecule is CC1CCN(CCC(=O)Nc2ccccc2Cl)CC1.Cl. The zero-order valence-corrected chi connectivity index (χ0v) is 13.3. The molecule has 0 unspecified atom stereocenters. The third kappa shape index (κ3) is 5.31. The fourth-order valence-electron chi connectivity index (χ4n) is 2.32. The molecule has 0 bridgehead atoms. The maximum atomic E-state index is 11.9. The lowest BCUT2D eigenvalue weighted by Crippen LogP contribution is -2.35. The molecule has 0 atom stereocenters. The standard InChI is InChI=1S/C15H21ClN2O.ClH/c1-12-6-9-18(10-7-12)11-8-15(19)17-14-5-3-2-4-13(14)16;/h2-5,12H,6-11H2,1H3,(H,17,19);1H. The molecule has 0 spiro atoms. The van der Waals surface area contributed by atoms with Gasteiger partial charge >= 0.3 is 0 Å². The summed E-state index contributed by atoms with van der Waals surface area (Å²) in [5.41, 5.74) is 0.696. The van der Waals surface area contributed by atoms with Crippen molar-refractivity contribution in [1.82, 2.24) is 4.90 Å². The van der Waals surface area contributed by atoms with Gasteiger partial charge in [0.2, 0.25) is 5.91 Å². The Morgan fingerprint density at radius 3 is 2.65 bits per heavy atom. The Bertz CT molecular complexity index is 432. The number of carbonyl (C=O) groups is 1. The van der Waals surface area contributed by atoms with Crippen LogP contribution in [0, 0.1) is 5.92 Å². The van der Waals surface area contributed by atoms with Gasteiger partial charge in [-0.1, -0.05) is 30.7 Å². The van der Waals surface area contributed by atoms with Crippen LogP contribution in [0.25, 0.3) is 0 Å². The van der Waals surface area contributed by atoms with Crippen molar-refractivity contribution in [1.29, 1.82) is 0 Å². The molecule has 0 saturated carbocycles. The molecule has 1 fully saturated rings. The van der Waals surface area contributed by atoms with Crippen LogP contribution >= 0.6 is 24.0 Å². The Balaban J connectivity index is 0.00000200. The number of amides is 1. The first-order valence-corrected chi connectivity index (χ1v) is 7.29. The van der Waals surface area contributed by atoms with Crippen LogP contribution in [0.4, 0.5) is 5.69 Å². The van der Waals surface area contributed by atoms with Crippen LogP contribution in [0.1, 0.15) is 26.2 Å². The lowest BCUT2D eigenvalue weighted by molar-refractivity contribution is -0.116. The molecule has 0 aromatic heterocycles. The molecule has 3 nitrogen and oxygen atoms in total. The van der Waals surface area contributed by atoms with Gasteiger partial charge in [-0.3, -0.25) is 4.79 Å². The van der Waals surface area contributed by atoms with E-state index in [1.165, 1.54) is 12.8 Å². The van der Waals surface area contributed by atoms with Gasteiger partial charge in [0, 0.05) is 13.0 Å². The molecule has 1 aromatic rings. The van der Waals surface area contributed by atoms with Crippen LogP contribution in [0.3, 0.4) is 0 Å². The highest BCUT2D eigenvalue weighted by Crippen LogP contribution is 2.21. The van der Waals surface area contributed by atoms with Gasteiger partial charge < -0.3 is 10.2 Å². The summed E-state index contributed by atoms with van der Waals surface area (Å²) >= 11 is 6.01. The number of halogens is 2. The highest BCUT2D eigenvalue weighted by Gasteiger charge is 2.16. The fourth-order valence-corrected chi connectivity index (χ4v) is 2.50. The Morgan fingerprint density at radius 2 is 2.00 bits per heavy atom. The van der Waals surface area contributed by atoms with E-state index in [0.717, 1.165) is 25.6 Å². The third-order valence-corrected chi connectivity index (χ3v) is 4.01. The Morgan fingerprint density at radius 1 is 1.35 bits per heavy atom. The third-order valence-electron chi connectivity index (χ3n) is 3.68. The van der Waals surface area contributed by atoms with Crippen molar-refractivity contribution in [3.8, 4) is 0 Å². The molecule has 1 aromatic carbocycles. The molecule has 1 N–H and O–H groups in total. The zero-order chi connectivity index (χ0) is 13.7. The minimum Gasteiger partial charge on any atom is -0.325 e. The fraction of sp³-hybridized carbons (Fsp3) is 0.533. The van der Waals surface area contributed by atoms with Gasteiger partial charge in [-0.25, -0.2) is 0 Å². The average Bonchev–Trinajstić information content (AvgIpc) is 2.41. The van der Waals surface area contributed by atoms with Crippen molar-refractivity contribution >= 4 is 35.6 Å². The lowest BCUT2D eigenvalue weighted by atomic mass is 9.99. The first-order chi connectivity index (χ1) is 9.15. The summed E-state index contributed by atoms with van der Waals surface area (Å²) in [6, 6.07) is 7.33. The van der Waals surface area contributed by atoms with Gasteiger partial charge in [-0.05, 0) is 44.0 Å².